The van der Waals surface area contributed by atoms with Crippen molar-refractivity contribution in [1.29, 1.82) is 0 Å². The molecule has 1 nitrogen and oxygen atoms in total. The lowest BCUT2D eigenvalue weighted by atomic mass is 10.0. The molecule has 2 rings (SSSR count). The third-order valence-electron chi connectivity index (χ3n) is 2.24. The Balaban J connectivity index is 2.48. The predicted molar refractivity (Wildman–Crippen MR) is 63.9 cm³/mol. The first-order chi connectivity index (χ1) is 8.08. The number of hydrogen-bond acceptors (Lipinski definition) is 1. The quantitative estimate of drug-likeness (QED) is 0.767. The Kier molecular flexibility index (Phi) is 3.33. The van der Waals surface area contributed by atoms with E-state index in [2.05, 4.69) is 15.9 Å². The molecule has 0 atom stereocenters. The van der Waals surface area contributed by atoms with Crippen LogP contribution in [0.5, 0.6) is 0 Å². The molecular weight excluding hydrogens is 290 g/mol. The van der Waals surface area contributed by atoms with E-state index in [9.17, 15) is 13.6 Å². The Bertz CT molecular complexity index is 561. The van der Waals surface area contributed by atoms with Crippen LogP contribution in [-0.2, 0) is 0 Å². The second-order valence-electron chi connectivity index (χ2n) is 3.47. The van der Waals surface area contributed by atoms with E-state index in [0.29, 0.717) is 10.0 Å². The van der Waals surface area contributed by atoms with Crippen LogP contribution >= 0.6 is 15.9 Å². The summed E-state index contributed by atoms with van der Waals surface area (Å²) in [5.41, 5.74) is 0.368. The lowest BCUT2D eigenvalue weighted by Gasteiger charge is -2.04. The average molecular weight is 297 g/mol. The van der Waals surface area contributed by atoms with Crippen LogP contribution in [0.3, 0.4) is 0 Å². The first kappa shape index (κ1) is 11.9. The summed E-state index contributed by atoms with van der Waals surface area (Å²) in [6.07, 6.45) is 0. The van der Waals surface area contributed by atoms with Gasteiger partial charge in [0, 0.05) is 21.7 Å². The van der Waals surface area contributed by atoms with E-state index in [1.807, 2.05) is 0 Å². The zero-order valence-electron chi connectivity index (χ0n) is 8.58. The summed E-state index contributed by atoms with van der Waals surface area (Å²) < 4.78 is 26.6. The number of carbonyl (C=O) groups is 1. The van der Waals surface area contributed by atoms with Crippen LogP contribution in [0.15, 0.2) is 46.9 Å². The maximum atomic E-state index is 13.0. The molecule has 0 saturated carbocycles. The monoisotopic (exact) mass is 296 g/mol. The number of hydrogen-bond donors (Lipinski definition) is 0. The molecule has 0 bridgehead atoms. The maximum absolute atomic E-state index is 13.0. The van der Waals surface area contributed by atoms with Gasteiger partial charge >= 0.3 is 0 Å². The fourth-order valence-electron chi connectivity index (χ4n) is 1.49. The van der Waals surface area contributed by atoms with E-state index in [4.69, 9.17) is 0 Å². The minimum atomic E-state index is -0.764. The van der Waals surface area contributed by atoms with Gasteiger partial charge in [-0.15, -0.1) is 0 Å². The summed E-state index contributed by atoms with van der Waals surface area (Å²) in [4.78, 5) is 12.0. The van der Waals surface area contributed by atoms with Crippen LogP contribution in [0.2, 0.25) is 0 Å². The van der Waals surface area contributed by atoms with Gasteiger partial charge in [0.2, 0.25) is 0 Å². The van der Waals surface area contributed by atoms with E-state index >= 15 is 0 Å². The zero-order valence-corrected chi connectivity index (χ0v) is 10.2. The van der Waals surface area contributed by atoms with Crippen LogP contribution in [0, 0.1) is 11.6 Å². The SMILES string of the molecule is O=C(c1cc(F)cc(F)c1)c1ccccc1Br. The summed E-state index contributed by atoms with van der Waals surface area (Å²) in [6.45, 7) is 0. The molecule has 0 unspecified atom stereocenters. The van der Waals surface area contributed by atoms with Crippen molar-refractivity contribution in [2.24, 2.45) is 0 Å². The Labute approximate surface area is 105 Å². The van der Waals surface area contributed by atoms with Gasteiger partial charge in [0.15, 0.2) is 5.78 Å². The fraction of sp³-hybridized carbons (Fsp3) is 0. The topological polar surface area (TPSA) is 17.1 Å². The highest BCUT2D eigenvalue weighted by Crippen LogP contribution is 2.20. The Morgan fingerprint density at radius 2 is 1.59 bits per heavy atom. The molecule has 0 radical (unpaired) electrons. The smallest absolute Gasteiger partial charge is 0.194 e. The fourth-order valence-corrected chi connectivity index (χ4v) is 1.95. The third-order valence-corrected chi connectivity index (χ3v) is 2.93. The van der Waals surface area contributed by atoms with Crippen molar-refractivity contribution in [3.63, 3.8) is 0 Å². The first-order valence-electron chi connectivity index (χ1n) is 4.83. The van der Waals surface area contributed by atoms with E-state index in [0.717, 1.165) is 18.2 Å². The summed E-state index contributed by atoms with van der Waals surface area (Å²) in [7, 11) is 0. The van der Waals surface area contributed by atoms with Gasteiger partial charge in [-0.2, -0.15) is 0 Å². The molecule has 17 heavy (non-hydrogen) atoms. The molecule has 4 heteroatoms. The standard InChI is InChI=1S/C13H7BrF2O/c14-12-4-2-1-3-11(12)13(17)8-5-9(15)7-10(16)6-8/h1-7H. The minimum absolute atomic E-state index is 0.00519. The van der Waals surface area contributed by atoms with Crippen molar-refractivity contribution in [1.82, 2.24) is 0 Å². The molecule has 0 N–H and O–H groups in total. The summed E-state index contributed by atoms with van der Waals surface area (Å²) >= 11 is 3.22. The van der Waals surface area contributed by atoms with Crippen LogP contribution < -0.4 is 0 Å². The highest BCUT2D eigenvalue weighted by atomic mass is 79.9. The van der Waals surface area contributed by atoms with Crippen LogP contribution in [0.4, 0.5) is 8.78 Å². The van der Waals surface area contributed by atoms with Gasteiger partial charge in [-0.1, -0.05) is 28.1 Å². The highest BCUT2D eigenvalue weighted by Gasteiger charge is 2.13. The predicted octanol–water partition coefficient (Wildman–Crippen LogP) is 3.96. The number of carbonyl (C=O) groups excluding carboxylic acids is 1. The lowest BCUT2D eigenvalue weighted by molar-refractivity contribution is 0.103. The first-order valence-corrected chi connectivity index (χ1v) is 5.62. The van der Waals surface area contributed by atoms with Gasteiger partial charge in [0.25, 0.3) is 0 Å². The van der Waals surface area contributed by atoms with Crippen LogP contribution in [0.25, 0.3) is 0 Å². The molecule has 0 aliphatic heterocycles. The van der Waals surface area contributed by atoms with E-state index in [-0.39, 0.29) is 5.56 Å². The van der Waals surface area contributed by atoms with Gasteiger partial charge < -0.3 is 0 Å². The number of benzene rings is 2. The third kappa shape index (κ3) is 2.58. The number of rotatable bonds is 2. The van der Waals surface area contributed by atoms with Crippen molar-refractivity contribution in [3.8, 4) is 0 Å². The maximum Gasteiger partial charge on any atom is 0.194 e. The molecule has 2 aromatic carbocycles. The molecule has 0 aromatic heterocycles. The molecule has 0 fully saturated rings. The number of ketones is 1. The molecular formula is C13H7BrF2O. The molecule has 0 aliphatic rings. The van der Waals surface area contributed by atoms with Crippen LogP contribution in [-0.4, -0.2) is 5.78 Å². The van der Waals surface area contributed by atoms with E-state index in [1.165, 1.54) is 0 Å². The molecule has 0 heterocycles. The van der Waals surface area contributed by atoms with E-state index in [1.54, 1.807) is 24.3 Å². The lowest BCUT2D eigenvalue weighted by Crippen LogP contribution is -2.03. The van der Waals surface area contributed by atoms with Crippen molar-refractivity contribution < 1.29 is 13.6 Å². The normalized spacial score (nSPS) is 10.3. The summed E-state index contributed by atoms with van der Waals surface area (Å²) in [5.74, 6) is -1.95. The zero-order chi connectivity index (χ0) is 12.4. The molecule has 0 aliphatic carbocycles. The summed E-state index contributed by atoms with van der Waals surface area (Å²) in [5, 5.41) is 0. The van der Waals surface area contributed by atoms with Crippen LogP contribution in [0.1, 0.15) is 15.9 Å². The second kappa shape index (κ2) is 4.75. The highest BCUT2D eigenvalue weighted by molar-refractivity contribution is 9.10. The molecule has 0 saturated heterocycles. The molecule has 86 valence electrons. The molecule has 0 amide bonds. The van der Waals surface area contributed by atoms with Crippen molar-refractivity contribution in [2.45, 2.75) is 0 Å². The van der Waals surface area contributed by atoms with Gasteiger partial charge in [-0.25, -0.2) is 8.78 Å². The van der Waals surface area contributed by atoms with Gasteiger partial charge in [-0.3, -0.25) is 4.79 Å². The summed E-state index contributed by atoms with van der Waals surface area (Å²) in [6, 6.07) is 9.51. The Morgan fingerprint density at radius 3 is 2.18 bits per heavy atom. The molecule has 2 aromatic rings. The van der Waals surface area contributed by atoms with Crippen molar-refractivity contribution in [3.05, 3.63) is 69.7 Å². The van der Waals surface area contributed by atoms with E-state index < -0.39 is 17.4 Å². The molecule has 0 spiro atoms. The van der Waals surface area contributed by atoms with Crippen molar-refractivity contribution >= 4 is 21.7 Å². The number of halogens is 3. The largest absolute Gasteiger partial charge is 0.289 e. The van der Waals surface area contributed by atoms with Gasteiger partial charge in [0.1, 0.15) is 11.6 Å². The Morgan fingerprint density at radius 1 is 1.00 bits per heavy atom. The minimum Gasteiger partial charge on any atom is -0.289 e. The second-order valence-corrected chi connectivity index (χ2v) is 4.32. The van der Waals surface area contributed by atoms with Gasteiger partial charge in [0.05, 0.1) is 0 Å². The Hall–Kier alpha value is -1.55. The van der Waals surface area contributed by atoms with Crippen molar-refractivity contribution in [2.75, 3.05) is 0 Å². The average Bonchev–Trinajstić information content (AvgIpc) is 2.27. The van der Waals surface area contributed by atoms with Gasteiger partial charge in [-0.05, 0) is 24.3 Å².